The Morgan fingerprint density at radius 3 is 2.54 bits per heavy atom. The highest BCUT2D eigenvalue weighted by Gasteiger charge is 2.22. The number of carbonyl (C=O) groups excluding carboxylic acids is 1. The van der Waals surface area contributed by atoms with Gasteiger partial charge in [0.15, 0.2) is 0 Å². The van der Waals surface area contributed by atoms with Gasteiger partial charge in [0, 0.05) is 22.8 Å². The minimum absolute atomic E-state index is 0.0267. The maximum absolute atomic E-state index is 12.3. The van der Waals surface area contributed by atoms with Crippen molar-refractivity contribution in [3.05, 3.63) is 63.2 Å². The van der Waals surface area contributed by atoms with E-state index in [0.29, 0.717) is 10.7 Å². The summed E-state index contributed by atoms with van der Waals surface area (Å²) in [7, 11) is -3.84. The molecule has 1 amide bonds. The van der Waals surface area contributed by atoms with Gasteiger partial charge in [-0.25, -0.2) is 8.42 Å². The molecule has 138 valence electrons. The van der Waals surface area contributed by atoms with E-state index < -0.39 is 27.4 Å². The predicted molar refractivity (Wildman–Crippen MR) is 100 cm³/mol. The van der Waals surface area contributed by atoms with Gasteiger partial charge in [0.1, 0.15) is 6.54 Å². The normalized spacial score (nSPS) is 11.0. The molecule has 2 rings (SSSR count). The molecule has 0 spiro atoms. The second-order valence-electron chi connectivity index (χ2n) is 5.56. The molecule has 8 nitrogen and oxygen atoms in total. The predicted octanol–water partition coefficient (Wildman–Crippen LogP) is 2.96. The lowest BCUT2D eigenvalue weighted by atomic mass is 10.2. The van der Waals surface area contributed by atoms with Crippen molar-refractivity contribution < 1.29 is 18.1 Å². The van der Waals surface area contributed by atoms with Crippen LogP contribution in [0.5, 0.6) is 0 Å². The molecule has 26 heavy (non-hydrogen) atoms. The van der Waals surface area contributed by atoms with Gasteiger partial charge in [-0.1, -0.05) is 23.7 Å². The van der Waals surface area contributed by atoms with Crippen molar-refractivity contribution >= 4 is 44.6 Å². The van der Waals surface area contributed by atoms with Gasteiger partial charge in [-0.3, -0.25) is 19.2 Å². The number of nitrogens with one attached hydrogen (secondary N) is 1. The van der Waals surface area contributed by atoms with Gasteiger partial charge < -0.3 is 5.32 Å². The van der Waals surface area contributed by atoms with E-state index in [1.165, 1.54) is 18.2 Å². The molecule has 0 aliphatic carbocycles. The van der Waals surface area contributed by atoms with Gasteiger partial charge >= 0.3 is 0 Å². The smallest absolute Gasteiger partial charge is 0.271 e. The van der Waals surface area contributed by atoms with Gasteiger partial charge in [-0.05, 0) is 30.7 Å². The zero-order valence-electron chi connectivity index (χ0n) is 14.0. The first-order valence-electron chi connectivity index (χ1n) is 7.36. The summed E-state index contributed by atoms with van der Waals surface area (Å²) in [6.07, 6.45) is 0.919. The van der Waals surface area contributed by atoms with Crippen LogP contribution in [0, 0.1) is 17.0 Å². The molecular weight excluding hydrogens is 382 g/mol. The van der Waals surface area contributed by atoms with Crippen LogP contribution < -0.4 is 9.62 Å². The second-order valence-corrected chi connectivity index (χ2v) is 7.87. The lowest BCUT2D eigenvalue weighted by Crippen LogP contribution is -2.37. The van der Waals surface area contributed by atoms with Crippen LogP contribution in [0.4, 0.5) is 17.1 Å². The van der Waals surface area contributed by atoms with Gasteiger partial charge in [0.25, 0.3) is 5.69 Å². The highest BCUT2D eigenvalue weighted by Crippen LogP contribution is 2.24. The van der Waals surface area contributed by atoms with Gasteiger partial charge in [-0.2, -0.15) is 0 Å². The van der Waals surface area contributed by atoms with Crippen LogP contribution in [0.25, 0.3) is 0 Å². The minimum atomic E-state index is -3.84. The molecule has 0 bridgehead atoms. The summed E-state index contributed by atoms with van der Waals surface area (Å²) in [5.74, 6) is -0.609. The highest BCUT2D eigenvalue weighted by atomic mass is 35.5. The molecule has 1 N–H and O–H groups in total. The van der Waals surface area contributed by atoms with E-state index in [4.69, 9.17) is 11.6 Å². The fourth-order valence-corrected chi connectivity index (χ4v) is 3.19. The van der Waals surface area contributed by atoms with E-state index in [1.54, 1.807) is 18.2 Å². The van der Waals surface area contributed by atoms with Crippen LogP contribution in [-0.4, -0.2) is 32.0 Å². The summed E-state index contributed by atoms with van der Waals surface area (Å²) in [4.78, 5) is 22.5. The Hall–Kier alpha value is -2.65. The summed E-state index contributed by atoms with van der Waals surface area (Å²) in [6.45, 7) is 1.27. The molecule has 0 aromatic heterocycles. The molecule has 2 aromatic carbocycles. The lowest BCUT2D eigenvalue weighted by Gasteiger charge is -2.21. The van der Waals surface area contributed by atoms with E-state index in [2.05, 4.69) is 5.32 Å². The molecule has 0 aliphatic rings. The Labute approximate surface area is 155 Å². The number of sulfonamides is 1. The van der Waals surface area contributed by atoms with E-state index >= 15 is 0 Å². The zero-order chi connectivity index (χ0) is 19.5. The number of benzene rings is 2. The maximum Gasteiger partial charge on any atom is 0.271 e. The molecule has 0 saturated carbocycles. The van der Waals surface area contributed by atoms with Gasteiger partial charge in [-0.15, -0.1) is 0 Å². The fourth-order valence-electron chi connectivity index (χ4n) is 2.16. The van der Waals surface area contributed by atoms with E-state index in [-0.39, 0.29) is 11.4 Å². The standard InChI is InChI=1S/C16H16ClN3O5S/c1-11-6-7-12(8-15(11)17)18-16(21)10-19(26(2,24)25)13-4-3-5-14(9-13)20(22)23/h3-9H,10H2,1-2H3,(H,18,21). The maximum atomic E-state index is 12.3. The van der Waals surface area contributed by atoms with Crippen molar-refractivity contribution in [2.24, 2.45) is 0 Å². The quantitative estimate of drug-likeness (QED) is 0.595. The number of hydrogen-bond donors (Lipinski definition) is 1. The third-order valence-electron chi connectivity index (χ3n) is 3.47. The van der Waals surface area contributed by atoms with Crippen molar-refractivity contribution in [3.8, 4) is 0 Å². The van der Waals surface area contributed by atoms with E-state index in [1.807, 2.05) is 6.92 Å². The molecule has 0 radical (unpaired) electrons. The zero-order valence-corrected chi connectivity index (χ0v) is 15.5. The highest BCUT2D eigenvalue weighted by molar-refractivity contribution is 7.92. The third kappa shape index (κ3) is 4.93. The largest absolute Gasteiger partial charge is 0.324 e. The average molecular weight is 398 g/mol. The minimum Gasteiger partial charge on any atom is -0.324 e. The Morgan fingerprint density at radius 1 is 1.27 bits per heavy atom. The molecule has 0 heterocycles. The topological polar surface area (TPSA) is 110 Å². The van der Waals surface area contributed by atoms with Crippen LogP contribution in [0.2, 0.25) is 5.02 Å². The van der Waals surface area contributed by atoms with Crippen molar-refractivity contribution in [1.82, 2.24) is 0 Å². The van der Waals surface area contributed by atoms with Gasteiger partial charge in [0.2, 0.25) is 15.9 Å². The van der Waals surface area contributed by atoms with E-state index in [9.17, 15) is 23.3 Å². The number of non-ortho nitro benzene ring substituents is 1. The van der Waals surface area contributed by atoms with Crippen LogP contribution >= 0.6 is 11.6 Å². The summed E-state index contributed by atoms with van der Waals surface area (Å²) in [6, 6.07) is 9.96. The second kappa shape index (κ2) is 7.71. The summed E-state index contributed by atoms with van der Waals surface area (Å²) < 4.78 is 24.9. The number of amides is 1. The number of carbonyl (C=O) groups is 1. The van der Waals surface area contributed by atoms with Crippen molar-refractivity contribution in [1.29, 1.82) is 0 Å². The van der Waals surface area contributed by atoms with Crippen LogP contribution in [-0.2, 0) is 14.8 Å². The number of nitrogens with zero attached hydrogens (tertiary/aromatic N) is 2. The monoisotopic (exact) mass is 397 g/mol. The number of rotatable bonds is 6. The first kappa shape index (κ1) is 19.7. The number of halogens is 1. The number of nitro groups is 1. The number of aryl methyl sites for hydroxylation is 1. The molecule has 0 atom stereocenters. The molecular formula is C16H16ClN3O5S. The Morgan fingerprint density at radius 2 is 1.96 bits per heavy atom. The summed E-state index contributed by atoms with van der Waals surface area (Å²) >= 11 is 6.00. The molecule has 0 fully saturated rings. The Balaban J connectivity index is 2.25. The summed E-state index contributed by atoms with van der Waals surface area (Å²) in [5, 5.41) is 13.9. The van der Waals surface area contributed by atoms with Crippen molar-refractivity contribution in [2.45, 2.75) is 6.92 Å². The molecule has 0 aliphatic heterocycles. The van der Waals surface area contributed by atoms with Gasteiger partial charge in [0.05, 0.1) is 16.9 Å². The van der Waals surface area contributed by atoms with Crippen molar-refractivity contribution in [2.75, 3.05) is 22.4 Å². The Bertz CT molecular complexity index is 962. The average Bonchev–Trinajstić information content (AvgIpc) is 2.55. The SMILES string of the molecule is Cc1ccc(NC(=O)CN(c2cccc([N+](=O)[O-])c2)S(C)(=O)=O)cc1Cl. The first-order chi connectivity index (χ1) is 12.1. The van der Waals surface area contributed by atoms with E-state index in [0.717, 1.165) is 22.2 Å². The van der Waals surface area contributed by atoms with Crippen LogP contribution in [0.3, 0.4) is 0 Å². The molecule has 2 aromatic rings. The molecule has 10 heteroatoms. The molecule has 0 unspecified atom stereocenters. The fraction of sp³-hybridized carbons (Fsp3) is 0.188. The summed E-state index contributed by atoms with van der Waals surface area (Å²) in [5.41, 5.74) is 0.998. The van der Waals surface area contributed by atoms with Crippen LogP contribution in [0.1, 0.15) is 5.56 Å². The molecule has 0 saturated heterocycles. The first-order valence-corrected chi connectivity index (χ1v) is 9.59. The van der Waals surface area contributed by atoms with Crippen LogP contribution in [0.15, 0.2) is 42.5 Å². The number of anilines is 2. The number of hydrogen-bond acceptors (Lipinski definition) is 5. The Kier molecular flexibility index (Phi) is 5.83. The third-order valence-corrected chi connectivity index (χ3v) is 5.02. The number of nitro benzene ring substituents is 1. The van der Waals surface area contributed by atoms with Crippen molar-refractivity contribution in [3.63, 3.8) is 0 Å². The lowest BCUT2D eigenvalue weighted by molar-refractivity contribution is -0.384.